The lowest BCUT2D eigenvalue weighted by Gasteiger charge is -2.08. The van der Waals surface area contributed by atoms with Gasteiger partial charge in [-0.3, -0.25) is 4.98 Å². The number of imidazole rings is 1. The van der Waals surface area contributed by atoms with E-state index in [1.54, 1.807) is 12.4 Å². The van der Waals surface area contributed by atoms with Gasteiger partial charge in [0.25, 0.3) is 0 Å². The molecule has 6 heteroatoms. The first-order chi connectivity index (χ1) is 13.3. The SMILES string of the molecule is CCn1c(-c2ccncc2)nc2ccc(Nc3ccc(CNC)cc3)nc21. The lowest BCUT2D eigenvalue weighted by molar-refractivity contribution is 0.787. The van der Waals surface area contributed by atoms with E-state index in [-0.39, 0.29) is 0 Å². The molecular weight excluding hydrogens is 336 g/mol. The average molecular weight is 358 g/mol. The van der Waals surface area contributed by atoms with Crippen molar-refractivity contribution in [3.63, 3.8) is 0 Å². The molecule has 4 rings (SSSR count). The molecule has 0 unspecified atom stereocenters. The molecule has 0 saturated heterocycles. The second kappa shape index (κ2) is 7.55. The Morgan fingerprint density at radius 3 is 2.41 bits per heavy atom. The van der Waals surface area contributed by atoms with Gasteiger partial charge in [0.05, 0.1) is 0 Å². The van der Waals surface area contributed by atoms with Gasteiger partial charge in [0, 0.05) is 36.7 Å². The zero-order chi connectivity index (χ0) is 18.6. The third-order valence-electron chi connectivity index (χ3n) is 4.45. The van der Waals surface area contributed by atoms with Gasteiger partial charge in [0.2, 0.25) is 0 Å². The lowest BCUT2D eigenvalue weighted by Crippen LogP contribution is -2.04. The minimum Gasteiger partial charge on any atom is -0.340 e. The number of anilines is 2. The largest absolute Gasteiger partial charge is 0.340 e. The molecule has 1 aromatic carbocycles. The number of nitrogens with zero attached hydrogens (tertiary/aromatic N) is 4. The number of aromatic nitrogens is 4. The van der Waals surface area contributed by atoms with E-state index in [4.69, 9.17) is 9.97 Å². The lowest BCUT2D eigenvalue weighted by atomic mass is 10.2. The van der Waals surface area contributed by atoms with Gasteiger partial charge >= 0.3 is 0 Å². The van der Waals surface area contributed by atoms with Gasteiger partial charge in [0.1, 0.15) is 17.2 Å². The number of rotatable bonds is 6. The van der Waals surface area contributed by atoms with Crippen molar-refractivity contribution in [2.75, 3.05) is 12.4 Å². The maximum Gasteiger partial charge on any atom is 0.162 e. The molecule has 136 valence electrons. The summed E-state index contributed by atoms with van der Waals surface area (Å²) in [6.07, 6.45) is 3.57. The molecule has 0 aliphatic carbocycles. The molecule has 0 saturated carbocycles. The summed E-state index contributed by atoms with van der Waals surface area (Å²) in [6, 6.07) is 16.3. The third-order valence-corrected chi connectivity index (χ3v) is 4.45. The van der Waals surface area contributed by atoms with Crippen LogP contribution >= 0.6 is 0 Å². The summed E-state index contributed by atoms with van der Waals surface area (Å²) in [5.74, 6) is 1.72. The van der Waals surface area contributed by atoms with Crippen LogP contribution in [0.5, 0.6) is 0 Å². The molecule has 0 bridgehead atoms. The summed E-state index contributed by atoms with van der Waals surface area (Å²) in [5, 5.41) is 6.54. The van der Waals surface area contributed by atoms with Gasteiger partial charge in [-0.1, -0.05) is 12.1 Å². The van der Waals surface area contributed by atoms with Gasteiger partial charge in [-0.25, -0.2) is 9.97 Å². The van der Waals surface area contributed by atoms with Crippen molar-refractivity contribution >= 4 is 22.7 Å². The molecule has 3 heterocycles. The minimum absolute atomic E-state index is 0.795. The Morgan fingerprint density at radius 2 is 1.70 bits per heavy atom. The first-order valence-electron chi connectivity index (χ1n) is 9.06. The first-order valence-corrected chi connectivity index (χ1v) is 9.06. The molecular formula is C21H22N6. The standard InChI is InChI=1S/C21H22N6/c1-3-27-20(16-10-12-23-13-11-16)25-18-8-9-19(26-21(18)27)24-17-6-4-15(5-7-17)14-22-2/h4-13,22H,3,14H2,1-2H3,(H,24,26). The Labute approximate surface area is 158 Å². The van der Waals surface area contributed by atoms with Gasteiger partial charge in [-0.2, -0.15) is 0 Å². The molecule has 0 atom stereocenters. The Bertz CT molecular complexity index is 1040. The first kappa shape index (κ1) is 17.2. The topological polar surface area (TPSA) is 67.7 Å². The molecule has 0 aliphatic heterocycles. The fourth-order valence-corrected chi connectivity index (χ4v) is 3.15. The van der Waals surface area contributed by atoms with Crippen LogP contribution < -0.4 is 10.6 Å². The second-order valence-electron chi connectivity index (χ2n) is 6.31. The number of fused-ring (bicyclic) bond motifs is 1. The number of pyridine rings is 2. The molecule has 27 heavy (non-hydrogen) atoms. The molecule has 3 aromatic heterocycles. The van der Waals surface area contributed by atoms with Crippen LogP contribution in [0.1, 0.15) is 12.5 Å². The Kier molecular flexibility index (Phi) is 4.80. The van der Waals surface area contributed by atoms with Crippen LogP contribution in [-0.2, 0) is 13.1 Å². The molecule has 0 aliphatic rings. The Hall–Kier alpha value is -3.25. The third kappa shape index (κ3) is 3.52. The Morgan fingerprint density at radius 1 is 0.926 bits per heavy atom. The molecule has 2 N–H and O–H groups in total. The van der Waals surface area contributed by atoms with E-state index < -0.39 is 0 Å². The Balaban J connectivity index is 1.67. The summed E-state index contributed by atoms with van der Waals surface area (Å²) in [6.45, 7) is 3.76. The van der Waals surface area contributed by atoms with Crippen LogP contribution in [0.3, 0.4) is 0 Å². The number of aryl methyl sites for hydroxylation is 1. The molecule has 4 aromatic rings. The molecule has 0 spiro atoms. The maximum absolute atomic E-state index is 4.81. The summed E-state index contributed by atoms with van der Waals surface area (Å²) in [4.78, 5) is 13.7. The van der Waals surface area contributed by atoms with Crippen molar-refractivity contribution in [3.8, 4) is 11.4 Å². The number of nitrogens with one attached hydrogen (secondary N) is 2. The van der Waals surface area contributed by atoms with E-state index >= 15 is 0 Å². The van der Waals surface area contributed by atoms with E-state index in [1.165, 1.54) is 5.56 Å². The van der Waals surface area contributed by atoms with Crippen LogP contribution in [0.25, 0.3) is 22.6 Å². The average Bonchev–Trinajstić information content (AvgIpc) is 3.08. The quantitative estimate of drug-likeness (QED) is 0.546. The predicted molar refractivity (Wildman–Crippen MR) is 109 cm³/mol. The maximum atomic E-state index is 4.81. The van der Waals surface area contributed by atoms with Gasteiger partial charge < -0.3 is 15.2 Å². The van der Waals surface area contributed by atoms with Crippen molar-refractivity contribution in [2.45, 2.75) is 20.0 Å². The van der Waals surface area contributed by atoms with Gasteiger partial charge in [-0.05, 0) is 55.9 Å². The van der Waals surface area contributed by atoms with Crippen LogP contribution in [0, 0.1) is 0 Å². The summed E-state index contributed by atoms with van der Waals surface area (Å²) in [7, 11) is 1.95. The van der Waals surface area contributed by atoms with Crippen molar-refractivity contribution in [2.24, 2.45) is 0 Å². The normalized spacial score (nSPS) is 11.0. The van der Waals surface area contributed by atoms with Gasteiger partial charge in [0.15, 0.2) is 5.65 Å². The van der Waals surface area contributed by atoms with Crippen molar-refractivity contribution in [1.29, 1.82) is 0 Å². The number of hydrogen-bond donors (Lipinski definition) is 2. The highest BCUT2D eigenvalue weighted by Crippen LogP contribution is 2.25. The fourth-order valence-electron chi connectivity index (χ4n) is 3.15. The van der Waals surface area contributed by atoms with Crippen molar-refractivity contribution in [3.05, 3.63) is 66.5 Å². The zero-order valence-corrected chi connectivity index (χ0v) is 15.5. The van der Waals surface area contributed by atoms with E-state index in [1.807, 2.05) is 31.3 Å². The second-order valence-corrected chi connectivity index (χ2v) is 6.31. The van der Waals surface area contributed by atoms with E-state index in [0.29, 0.717) is 0 Å². The highest BCUT2D eigenvalue weighted by Gasteiger charge is 2.13. The van der Waals surface area contributed by atoms with E-state index in [9.17, 15) is 0 Å². The highest BCUT2D eigenvalue weighted by molar-refractivity contribution is 5.79. The van der Waals surface area contributed by atoms with E-state index in [2.05, 4.69) is 51.4 Å². The summed E-state index contributed by atoms with van der Waals surface area (Å²) >= 11 is 0. The fraction of sp³-hybridized carbons (Fsp3) is 0.190. The van der Waals surface area contributed by atoms with Crippen LogP contribution in [0.2, 0.25) is 0 Å². The van der Waals surface area contributed by atoms with Crippen LogP contribution in [0.4, 0.5) is 11.5 Å². The number of benzene rings is 1. The van der Waals surface area contributed by atoms with Crippen molar-refractivity contribution < 1.29 is 0 Å². The smallest absolute Gasteiger partial charge is 0.162 e. The highest BCUT2D eigenvalue weighted by atomic mass is 15.1. The number of hydrogen-bond acceptors (Lipinski definition) is 5. The monoisotopic (exact) mass is 358 g/mol. The molecule has 0 radical (unpaired) electrons. The molecule has 0 amide bonds. The molecule has 0 fully saturated rings. The van der Waals surface area contributed by atoms with Crippen molar-refractivity contribution in [1.82, 2.24) is 24.8 Å². The van der Waals surface area contributed by atoms with E-state index in [0.717, 1.165) is 47.1 Å². The van der Waals surface area contributed by atoms with Gasteiger partial charge in [-0.15, -0.1) is 0 Å². The predicted octanol–water partition coefficient (Wildman–Crippen LogP) is 3.98. The minimum atomic E-state index is 0.795. The van der Waals surface area contributed by atoms with Crippen LogP contribution in [0.15, 0.2) is 60.9 Å². The van der Waals surface area contributed by atoms with Crippen LogP contribution in [-0.4, -0.2) is 26.6 Å². The zero-order valence-electron chi connectivity index (χ0n) is 15.5. The summed E-state index contributed by atoms with van der Waals surface area (Å²) in [5.41, 5.74) is 5.07. The molecule has 6 nitrogen and oxygen atoms in total. The summed E-state index contributed by atoms with van der Waals surface area (Å²) < 4.78 is 2.13.